The third kappa shape index (κ3) is 2.78. The zero-order valence-corrected chi connectivity index (χ0v) is 10.9. The molecule has 0 heterocycles. The second-order valence-electron chi connectivity index (χ2n) is 6.16. The van der Waals surface area contributed by atoms with E-state index in [2.05, 4.69) is 19.2 Å². The van der Waals surface area contributed by atoms with E-state index in [9.17, 15) is 0 Å². The Kier molecular flexibility index (Phi) is 4.26. The Morgan fingerprint density at radius 1 is 1.06 bits per heavy atom. The molecule has 2 aliphatic rings. The highest BCUT2D eigenvalue weighted by Crippen LogP contribution is 2.32. The summed E-state index contributed by atoms with van der Waals surface area (Å²) in [6.07, 6.45) is 8.21. The van der Waals surface area contributed by atoms with Crippen molar-refractivity contribution in [3.63, 3.8) is 0 Å². The van der Waals surface area contributed by atoms with Crippen LogP contribution in [0.1, 0.15) is 52.4 Å². The molecule has 2 rings (SSSR count). The smallest absolute Gasteiger partial charge is 0.0110 e. The molecular weight excluding hydrogens is 196 g/mol. The lowest BCUT2D eigenvalue weighted by molar-refractivity contribution is 0.206. The second kappa shape index (κ2) is 5.50. The van der Waals surface area contributed by atoms with E-state index in [0.717, 1.165) is 36.4 Å². The van der Waals surface area contributed by atoms with E-state index in [4.69, 9.17) is 5.73 Å². The van der Waals surface area contributed by atoms with Gasteiger partial charge in [-0.3, -0.25) is 0 Å². The Bertz CT molecular complexity index is 217. The lowest BCUT2D eigenvalue weighted by Crippen LogP contribution is -2.45. The molecule has 2 heteroatoms. The lowest BCUT2D eigenvalue weighted by atomic mass is 9.79. The number of nitrogens with two attached hydrogens (primary N) is 1. The Morgan fingerprint density at radius 3 is 2.56 bits per heavy atom. The minimum atomic E-state index is 0.718. The van der Waals surface area contributed by atoms with Crippen molar-refractivity contribution in [2.24, 2.45) is 23.5 Å². The van der Waals surface area contributed by atoms with E-state index in [1.54, 1.807) is 0 Å². The molecule has 5 atom stereocenters. The van der Waals surface area contributed by atoms with Crippen LogP contribution in [0.15, 0.2) is 0 Å². The summed E-state index contributed by atoms with van der Waals surface area (Å²) in [5, 5.41) is 3.89. The molecule has 5 unspecified atom stereocenters. The predicted octanol–water partition coefficient (Wildman–Crippen LogP) is 2.53. The van der Waals surface area contributed by atoms with Gasteiger partial charge in [0.1, 0.15) is 0 Å². The average Bonchev–Trinajstić information content (AvgIpc) is 2.71. The normalized spacial score (nSPS) is 44.8. The minimum Gasteiger partial charge on any atom is -0.330 e. The van der Waals surface area contributed by atoms with Gasteiger partial charge >= 0.3 is 0 Å². The molecule has 0 aromatic rings. The van der Waals surface area contributed by atoms with Gasteiger partial charge in [-0.15, -0.1) is 0 Å². The molecule has 3 N–H and O–H groups in total. The zero-order chi connectivity index (χ0) is 11.5. The average molecular weight is 224 g/mol. The van der Waals surface area contributed by atoms with Crippen LogP contribution in [0.4, 0.5) is 0 Å². The standard InChI is InChI=1S/C14H28N2/c1-10-6-7-13(8-11(10)2)16-14-5-3-4-12(14)9-15/h10-14,16H,3-9,15H2,1-2H3. The summed E-state index contributed by atoms with van der Waals surface area (Å²) in [5.74, 6) is 2.56. The SMILES string of the molecule is CC1CCC(NC2CCCC2CN)CC1C. The second-order valence-corrected chi connectivity index (χ2v) is 6.16. The molecule has 0 aromatic heterocycles. The van der Waals surface area contributed by atoms with Crippen molar-refractivity contribution in [3.05, 3.63) is 0 Å². The molecule has 0 aromatic carbocycles. The van der Waals surface area contributed by atoms with Gasteiger partial charge in [-0.2, -0.15) is 0 Å². The Hall–Kier alpha value is -0.0800. The van der Waals surface area contributed by atoms with Crippen molar-refractivity contribution in [1.82, 2.24) is 5.32 Å². The van der Waals surface area contributed by atoms with E-state index < -0.39 is 0 Å². The number of hydrogen-bond acceptors (Lipinski definition) is 2. The van der Waals surface area contributed by atoms with Crippen molar-refractivity contribution < 1.29 is 0 Å². The lowest BCUT2D eigenvalue weighted by Gasteiger charge is -2.35. The highest BCUT2D eigenvalue weighted by Gasteiger charge is 2.30. The third-order valence-electron chi connectivity index (χ3n) is 5.01. The van der Waals surface area contributed by atoms with Gasteiger partial charge in [0.05, 0.1) is 0 Å². The van der Waals surface area contributed by atoms with Crippen molar-refractivity contribution in [3.8, 4) is 0 Å². The molecule has 0 saturated heterocycles. The summed E-state index contributed by atoms with van der Waals surface area (Å²) in [6, 6.07) is 1.49. The van der Waals surface area contributed by atoms with Crippen LogP contribution >= 0.6 is 0 Å². The monoisotopic (exact) mass is 224 g/mol. The van der Waals surface area contributed by atoms with Gasteiger partial charge in [-0.25, -0.2) is 0 Å². The molecule has 0 spiro atoms. The molecule has 0 amide bonds. The van der Waals surface area contributed by atoms with Gasteiger partial charge in [0.15, 0.2) is 0 Å². The fourth-order valence-corrected chi connectivity index (χ4v) is 3.54. The first-order chi connectivity index (χ1) is 7.70. The van der Waals surface area contributed by atoms with Crippen LogP contribution in [-0.2, 0) is 0 Å². The summed E-state index contributed by atoms with van der Waals surface area (Å²) in [4.78, 5) is 0. The fraction of sp³-hybridized carbons (Fsp3) is 1.00. The molecule has 0 bridgehead atoms. The molecule has 16 heavy (non-hydrogen) atoms. The van der Waals surface area contributed by atoms with Crippen molar-refractivity contribution in [2.75, 3.05) is 6.54 Å². The molecule has 2 fully saturated rings. The first kappa shape index (κ1) is 12.4. The summed E-state index contributed by atoms with van der Waals surface area (Å²) in [7, 11) is 0. The van der Waals surface area contributed by atoms with E-state index in [1.165, 1.54) is 38.5 Å². The van der Waals surface area contributed by atoms with Crippen molar-refractivity contribution in [1.29, 1.82) is 0 Å². The number of nitrogens with one attached hydrogen (secondary N) is 1. The molecule has 2 nitrogen and oxygen atoms in total. The molecule has 94 valence electrons. The highest BCUT2D eigenvalue weighted by molar-refractivity contribution is 4.88. The number of hydrogen-bond donors (Lipinski definition) is 2. The number of rotatable bonds is 3. The highest BCUT2D eigenvalue weighted by atomic mass is 15.0. The predicted molar refractivity (Wildman–Crippen MR) is 69.3 cm³/mol. The summed E-state index contributed by atoms with van der Waals surface area (Å²) in [6.45, 7) is 5.68. The largest absolute Gasteiger partial charge is 0.330 e. The molecule has 0 radical (unpaired) electrons. The third-order valence-corrected chi connectivity index (χ3v) is 5.01. The first-order valence-electron chi connectivity index (χ1n) is 7.16. The van der Waals surface area contributed by atoms with E-state index in [1.807, 2.05) is 0 Å². The van der Waals surface area contributed by atoms with Gasteiger partial charge in [0.2, 0.25) is 0 Å². The summed E-state index contributed by atoms with van der Waals surface area (Å²) >= 11 is 0. The van der Waals surface area contributed by atoms with Crippen LogP contribution in [0.2, 0.25) is 0 Å². The maximum absolute atomic E-state index is 5.84. The van der Waals surface area contributed by atoms with Crippen molar-refractivity contribution in [2.45, 2.75) is 64.5 Å². The fourth-order valence-electron chi connectivity index (χ4n) is 3.54. The van der Waals surface area contributed by atoms with E-state index in [0.29, 0.717) is 0 Å². The maximum atomic E-state index is 5.84. The minimum absolute atomic E-state index is 0.718. The van der Waals surface area contributed by atoms with Gasteiger partial charge < -0.3 is 11.1 Å². The molecule has 0 aliphatic heterocycles. The van der Waals surface area contributed by atoms with Crippen LogP contribution < -0.4 is 11.1 Å². The maximum Gasteiger partial charge on any atom is 0.0110 e. The van der Waals surface area contributed by atoms with Crippen molar-refractivity contribution >= 4 is 0 Å². The Morgan fingerprint density at radius 2 is 1.88 bits per heavy atom. The van der Waals surface area contributed by atoms with E-state index in [-0.39, 0.29) is 0 Å². The van der Waals surface area contributed by atoms with Crippen LogP contribution in [0.25, 0.3) is 0 Å². The topological polar surface area (TPSA) is 38.0 Å². The Labute approximate surface area is 100 Å². The summed E-state index contributed by atoms with van der Waals surface area (Å²) in [5.41, 5.74) is 5.84. The molecule has 2 aliphatic carbocycles. The molecule has 2 saturated carbocycles. The van der Waals surface area contributed by atoms with Crippen LogP contribution in [-0.4, -0.2) is 18.6 Å². The van der Waals surface area contributed by atoms with Crippen LogP contribution in [0.5, 0.6) is 0 Å². The van der Waals surface area contributed by atoms with Gasteiger partial charge in [0, 0.05) is 12.1 Å². The van der Waals surface area contributed by atoms with Crippen LogP contribution in [0, 0.1) is 17.8 Å². The molecular formula is C14H28N2. The van der Waals surface area contributed by atoms with Gasteiger partial charge in [-0.05, 0) is 56.4 Å². The zero-order valence-electron chi connectivity index (χ0n) is 10.9. The van der Waals surface area contributed by atoms with Gasteiger partial charge in [0.25, 0.3) is 0 Å². The Balaban J connectivity index is 1.81. The van der Waals surface area contributed by atoms with Gasteiger partial charge in [-0.1, -0.05) is 20.3 Å². The quantitative estimate of drug-likeness (QED) is 0.773. The van der Waals surface area contributed by atoms with E-state index >= 15 is 0 Å². The van der Waals surface area contributed by atoms with Crippen LogP contribution in [0.3, 0.4) is 0 Å². The first-order valence-corrected chi connectivity index (χ1v) is 7.16. The summed E-state index contributed by atoms with van der Waals surface area (Å²) < 4.78 is 0.